The van der Waals surface area contributed by atoms with Gasteiger partial charge < -0.3 is 9.63 Å². The maximum Gasteiger partial charge on any atom is 0.138 e. The van der Waals surface area contributed by atoms with E-state index in [0.717, 1.165) is 63.4 Å². The highest BCUT2D eigenvalue weighted by atomic mass is 16.5. The zero-order valence-corrected chi connectivity index (χ0v) is 13.9. The minimum Gasteiger partial charge on any atom is -0.391 e. The molecule has 2 heterocycles. The SMILES string of the molecule is CCc1noc(C)c1CN1CCN([C@H]2CCCC[C@@H]2O)CC1. The Labute approximate surface area is 133 Å². The molecule has 1 aromatic rings. The van der Waals surface area contributed by atoms with Gasteiger partial charge in [0.2, 0.25) is 0 Å². The molecular formula is C17H29N3O2. The van der Waals surface area contributed by atoms with Crippen LogP contribution in [0.25, 0.3) is 0 Å². The summed E-state index contributed by atoms with van der Waals surface area (Å²) < 4.78 is 5.34. The van der Waals surface area contributed by atoms with E-state index >= 15 is 0 Å². The Morgan fingerprint density at radius 3 is 2.59 bits per heavy atom. The highest BCUT2D eigenvalue weighted by Crippen LogP contribution is 2.25. The second-order valence-corrected chi connectivity index (χ2v) is 6.75. The topological polar surface area (TPSA) is 52.7 Å². The third-order valence-electron chi connectivity index (χ3n) is 5.35. The van der Waals surface area contributed by atoms with Crippen LogP contribution in [0.2, 0.25) is 0 Å². The molecule has 0 aromatic carbocycles. The molecule has 2 aliphatic rings. The van der Waals surface area contributed by atoms with Crippen LogP contribution in [0.3, 0.4) is 0 Å². The summed E-state index contributed by atoms with van der Waals surface area (Å²) in [4.78, 5) is 4.99. The summed E-state index contributed by atoms with van der Waals surface area (Å²) in [6, 6.07) is 0.388. The first-order valence-electron chi connectivity index (χ1n) is 8.77. The van der Waals surface area contributed by atoms with Crippen LogP contribution < -0.4 is 0 Å². The van der Waals surface area contributed by atoms with Crippen molar-refractivity contribution in [2.45, 2.75) is 64.6 Å². The van der Waals surface area contributed by atoms with Crippen molar-refractivity contribution in [1.82, 2.24) is 15.0 Å². The van der Waals surface area contributed by atoms with E-state index in [1.807, 2.05) is 6.92 Å². The van der Waals surface area contributed by atoms with E-state index in [-0.39, 0.29) is 6.10 Å². The fourth-order valence-electron chi connectivity index (χ4n) is 3.91. The number of aliphatic hydroxyl groups is 1. The second kappa shape index (κ2) is 7.11. The molecule has 124 valence electrons. The number of aromatic nitrogens is 1. The number of piperazine rings is 1. The van der Waals surface area contributed by atoms with Crippen molar-refractivity contribution in [3.63, 3.8) is 0 Å². The number of aryl methyl sites for hydroxylation is 2. The quantitative estimate of drug-likeness (QED) is 0.921. The third kappa shape index (κ3) is 3.36. The number of nitrogens with zero attached hydrogens (tertiary/aromatic N) is 3. The number of hydrogen-bond acceptors (Lipinski definition) is 5. The smallest absolute Gasteiger partial charge is 0.138 e. The maximum atomic E-state index is 10.2. The van der Waals surface area contributed by atoms with Crippen LogP contribution in [-0.2, 0) is 13.0 Å². The molecule has 1 N–H and O–H groups in total. The highest BCUT2D eigenvalue weighted by molar-refractivity contribution is 5.22. The van der Waals surface area contributed by atoms with Gasteiger partial charge in [-0.15, -0.1) is 0 Å². The van der Waals surface area contributed by atoms with Crippen LogP contribution in [0.1, 0.15) is 49.6 Å². The monoisotopic (exact) mass is 307 g/mol. The van der Waals surface area contributed by atoms with Gasteiger partial charge >= 0.3 is 0 Å². The number of aliphatic hydroxyl groups excluding tert-OH is 1. The first-order valence-corrected chi connectivity index (χ1v) is 8.77. The molecule has 0 bridgehead atoms. The molecule has 0 unspecified atom stereocenters. The fourth-order valence-corrected chi connectivity index (χ4v) is 3.91. The van der Waals surface area contributed by atoms with Gasteiger partial charge in [-0.05, 0) is 26.2 Å². The molecule has 22 heavy (non-hydrogen) atoms. The van der Waals surface area contributed by atoms with Crippen molar-refractivity contribution >= 4 is 0 Å². The van der Waals surface area contributed by atoms with Gasteiger partial charge in [0.05, 0.1) is 11.8 Å². The molecule has 2 atom stereocenters. The first kappa shape index (κ1) is 16.0. The zero-order chi connectivity index (χ0) is 15.5. The van der Waals surface area contributed by atoms with E-state index in [2.05, 4.69) is 21.9 Å². The molecule has 1 aliphatic heterocycles. The van der Waals surface area contributed by atoms with Crippen LogP contribution in [0.5, 0.6) is 0 Å². The summed E-state index contributed by atoms with van der Waals surface area (Å²) in [7, 11) is 0. The molecule has 0 radical (unpaired) electrons. The summed E-state index contributed by atoms with van der Waals surface area (Å²) in [5.74, 6) is 0.960. The van der Waals surface area contributed by atoms with Gasteiger partial charge in [0, 0.05) is 44.3 Å². The third-order valence-corrected chi connectivity index (χ3v) is 5.35. The molecule has 1 aliphatic carbocycles. The van der Waals surface area contributed by atoms with Crippen LogP contribution >= 0.6 is 0 Å². The predicted molar refractivity (Wildman–Crippen MR) is 85.7 cm³/mol. The molecule has 1 saturated carbocycles. The lowest BCUT2D eigenvalue weighted by Gasteiger charge is -2.42. The first-order chi connectivity index (χ1) is 10.7. The molecule has 0 amide bonds. The van der Waals surface area contributed by atoms with Crippen molar-refractivity contribution in [3.05, 3.63) is 17.0 Å². The lowest BCUT2D eigenvalue weighted by molar-refractivity contribution is -0.00479. The molecule has 3 rings (SSSR count). The summed E-state index contributed by atoms with van der Waals surface area (Å²) in [5, 5.41) is 14.4. The zero-order valence-electron chi connectivity index (χ0n) is 13.9. The van der Waals surface area contributed by atoms with Gasteiger partial charge in [-0.1, -0.05) is 24.9 Å². The highest BCUT2D eigenvalue weighted by Gasteiger charge is 2.31. The van der Waals surface area contributed by atoms with Crippen molar-refractivity contribution < 1.29 is 9.63 Å². The Morgan fingerprint density at radius 1 is 1.18 bits per heavy atom. The lowest BCUT2D eigenvalue weighted by Crippen LogP contribution is -2.54. The Morgan fingerprint density at radius 2 is 1.91 bits per heavy atom. The molecule has 1 saturated heterocycles. The van der Waals surface area contributed by atoms with Crippen LogP contribution in [-0.4, -0.2) is 58.4 Å². The Bertz CT molecular complexity index is 480. The van der Waals surface area contributed by atoms with Crippen LogP contribution in [0, 0.1) is 6.92 Å². The van der Waals surface area contributed by atoms with Crippen molar-refractivity contribution in [2.24, 2.45) is 0 Å². The fraction of sp³-hybridized carbons (Fsp3) is 0.824. The van der Waals surface area contributed by atoms with E-state index in [9.17, 15) is 5.11 Å². The summed E-state index contributed by atoms with van der Waals surface area (Å²) in [6.45, 7) is 9.34. The van der Waals surface area contributed by atoms with E-state index in [1.165, 1.54) is 18.4 Å². The van der Waals surface area contributed by atoms with E-state index in [4.69, 9.17) is 4.52 Å². The molecule has 2 fully saturated rings. The average Bonchev–Trinajstić information content (AvgIpc) is 2.89. The number of hydrogen-bond donors (Lipinski definition) is 1. The van der Waals surface area contributed by atoms with E-state index in [0.29, 0.717) is 6.04 Å². The van der Waals surface area contributed by atoms with Gasteiger partial charge in [0.1, 0.15) is 5.76 Å². The molecule has 5 nitrogen and oxygen atoms in total. The van der Waals surface area contributed by atoms with Crippen LogP contribution in [0.15, 0.2) is 4.52 Å². The van der Waals surface area contributed by atoms with Gasteiger partial charge in [0.25, 0.3) is 0 Å². The number of rotatable bonds is 4. The van der Waals surface area contributed by atoms with Gasteiger partial charge in [-0.25, -0.2) is 0 Å². The summed E-state index contributed by atoms with van der Waals surface area (Å²) in [5.41, 5.74) is 2.37. The molecule has 0 spiro atoms. The molecule has 1 aromatic heterocycles. The van der Waals surface area contributed by atoms with Gasteiger partial charge in [0.15, 0.2) is 0 Å². The largest absolute Gasteiger partial charge is 0.391 e. The standard InChI is InChI=1S/C17H29N3O2/c1-3-15-14(13(2)22-18-15)12-19-8-10-20(11-9-19)16-6-4-5-7-17(16)21/h16-17,21H,3-12H2,1-2H3/t16-,17-/m0/s1. The van der Waals surface area contributed by atoms with Crippen LogP contribution in [0.4, 0.5) is 0 Å². The van der Waals surface area contributed by atoms with Gasteiger partial charge in [-0.2, -0.15) is 0 Å². The minimum atomic E-state index is -0.118. The Kier molecular flexibility index (Phi) is 5.16. The van der Waals surface area contributed by atoms with Crippen molar-refractivity contribution in [2.75, 3.05) is 26.2 Å². The molecular weight excluding hydrogens is 278 g/mol. The average molecular weight is 307 g/mol. The summed E-state index contributed by atoms with van der Waals surface area (Å²) >= 11 is 0. The minimum absolute atomic E-state index is 0.118. The normalized spacial score (nSPS) is 28.1. The second-order valence-electron chi connectivity index (χ2n) is 6.75. The Hall–Kier alpha value is -0.910. The Balaban J connectivity index is 1.54. The lowest BCUT2D eigenvalue weighted by atomic mass is 9.91. The predicted octanol–water partition coefficient (Wildman–Crippen LogP) is 1.97. The molecule has 5 heteroatoms. The van der Waals surface area contributed by atoms with Crippen molar-refractivity contribution in [1.29, 1.82) is 0 Å². The van der Waals surface area contributed by atoms with E-state index in [1.54, 1.807) is 0 Å². The maximum absolute atomic E-state index is 10.2. The van der Waals surface area contributed by atoms with Gasteiger partial charge in [-0.3, -0.25) is 9.80 Å². The van der Waals surface area contributed by atoms with Crippen molar-refractivity contribution in [3.8, 4) is 0 Å². The summed E-state index contributed by atoms with van der Waals surface area (Å²) in [6.07, 6.45) is 5.40. The van der Waals surface area contributed by atoms with E-state index < -0.39 is 0 Å².